The van der Waals surface area contributed by atoms with Crippen LogP contribution in [0.2, 0.25) is 0 Å². The number of aryl methyl sites for hydroxylation is 1. The molecule has 4 heteroatoms. The van der Waals surface area contributed by atoms with E-state index in [4.69, 9.17) is 15.5 Å². The van der Waals surface area contributed by atoms with E-state index in [1.807, 2.05) is 0 Å². The monoisotopic (exact) mass is 296 g/mol. The molecule has 0 bridgehead atoms. The predicted octanol–water partition coefficient (Wildman–Crippen LogP) is 4.21. The molecular formula is C16H28N2OS. The molecule has 1 unspecified atom stereocenters. The smallest absolute Gasteiger partial charge is 0.122 e. The highest BCUT2D eigenvalue weighted by Gasteiger charge is 2.28. The summed E-state index contributed by atoms with van der Waals surface area (Å²) in [5, 5.41) is 1.17. The maximum atomic E-state index is 6.07. The van der Waals surface area contributed by atoms with Gasteiger partial charge in [-0.05, 0) is 32.1 Å². The van der Waals surface area contributed by atoms with Crippen molar-refractivity contribution in [3.63, 3.8) is 0 Å². The Morgan fingerprint density at radius 3 is 2.65 bits per heavy atom. The molecular weight excluding hydrogens is 268 g/mol. The Bertz CT molecular complexity index is 399. The number of nitrogens with zero attached hydrogens (tertiary/aromatic N) is 1. The van der Waals surface area contributed by atoms with Gasteiger partial charge in [0, 0.05) is 18.0 Å². The molecule has 0 spiro atoms. The Labute approximate surface area is 126 Å². The summed E-state index contributed by atoms with van der Waals surface area (Å²) in [6.45, 7) is 5.65. The van der Waals surface area contributed by atoms with Gasteiger partial charge in [-0.1, -0.05) is 32.6 Å². The predicted molar refractivity (Wildman–Crippen MR) is 84.9 cm³/mol. The summed E-state index contributed by atoms with van der Waals surface area (Å²) in [5.74, 6) is 0.648. The van der Waals surface area contributed by atoms with Gasteiger partial charge in [-0.15, -0.1) is 11.3 Å². The second-order valence-electron chi connectivity index (χ2n) is 5.65. The van der Waals surface area contributed by atoms with Crippen LogP contribution in [-0.2, 0) is 17.7 Å². The first-order valence-corrected chi connectivity index (χ1v) is 8.91. The van der Waals surface area contributed by atoms with E-state index in [0.717, 1.165) is 19.4 Å². The SMILES string of the molecule is CCCc1nc(C(OCC)C2CCCCC2)sc1CN. The van der Waals surface area contributed by atoms with Gasteiger partial charge >= 0.3 is 0 Å². The van der Waals surface area contributed by atoms with Crippen molar-refractivity contribution in [1.82, 2.24) is 4.98 Å². The lowest BCUT2D eigenvalue weighted by Crippen LogP contribution is -2.19. The number of ether oxygens (including phenoxy) is 1. The molecule has 1 saturated carbocycles. The van der Waals surface area contributed by atoms with E-state index >= 15 is 0 Å². The first-order chi connectivity index (χ1) is 9.80. The van der Waals surface area contributed by atoms with E-state index < -0.39 is 0 Å². The normalized spacial score (nSPS) is 18.4. The average Bonchev–Trinajstić information content (AvgIpc) is 2.89. The van der Waals surface area contributed by atoms with Crippen molar-refractivity contribution in [2.75, 3.05) is 6.61 Å². The molecule has 0 amide bonds. The highest BCUT2D eigenvalue weighted by molar-refractivity contribution is 7.11. The Morgan fingerprint density at radius 2 is 2.05 bits per heavy atom. The topological polar surface area (TPSA) is 48.1 Å². The van der Waals surface area contributed by atoms with Gasteiger partial charge in [0.25, 0.3) is 0 Å². The van der Waals surface area contributed by atoms with Gasteiger partial charge in [-0.25, -0.2) is 4.98 Å². The standard InChI is InChI=1S/C16H28N2OS/c1-3-8-13-14(11-17)20-16(18-13)15(19-4-2)12-9-6-5-7-10-12/h12,15H,3-11,17H2,1-2H3. The highest BCUT2D eigenvalue weighted by atomic mass is 32.1. The van der Waals surface area contributed by atoms with Crippen molar-refractivity contribution in [1.29, 1.82) is 0 Å². The summed E-state index contributed by atoms with van der Waals surface area (Å²) in [7, 11) is 0. The number of aromatic nitrogens is 1. The highest BCUT2D eigenvalue weighted by Crippen LogP contribution is 2.39. The van der Waals surface area contributed by atoms with Gasteiger partial charge in [0.05, 0.1) is 5.69 Å². The van der Waals surface area contributed by atoms with E-state index in [1.165, 1.54) is 47.7 Å². The number of hydrogen-bond acceptors (Lipinski definition) is 4. The molecule has 0 aliphatic heterocycles. The molecule has 1 fully saturated rings. The van der Waals surface area contributed by atoms with Gasteiger partial charge < -0.3 is 10.5 Å². The van der Waals surface area contributed by atoms with Crippen LogP contribution in [0, 0.1) is 5.92 Å². The summed E-state index contributed by atoms with van der Waals surface area (Å²) in [4.78, 5) is 6.13. The quantitative estimate of drug-likeness (QED) is 0.820. The molecule has 1 heterocycles. The molecule has 2 N–H and O–H groups in total. The van der Waals surface area contributed by atoms with Crippen LogP contribution in [0.4, 0.5) is 0 Å². The van der Waals surface area contributed by atoms with Crippen LogP contribution in [0.5, 0.6) is 0 Å². The number of rotatable bonds is 7. The van der Waals surface area contributed by atoms with Crippen LogP contribution >= 0.6 is 11.3 Å². The van der Waals surface area contributed by atoms with E-state index in [-0.39, 0.29) is 6.10 Å². The number of hydrogen-bond donors (Lipinski definition) is 1. The average molecular weight is 296 g/mol. The molecule has 20 heavy (non-hydrogen) atoms. The Morgan fingerprint density at radius 1 is 1.30 bits per heavy atom. The van der Waals surface area contributed by atoms with Gasteiger partial charge in [0.15, 0.2) is 0 Å². The van der Waals surface area contributed by atoms with Gasteiger partial charge in [0.2, 0.25) is 0 Å². The molecule has 114 valence electrons. The van der Waals surface area contributed by atoms with E-state index in [1.54, 1.807) is 11.3 Å². The molecule has 0 radical (unpaired) electrons. The molecule has 0 saturated heterocycles. The van der Waals surface area contributed by atoms with Crippen molar-refractivity contribution >= 4 is 11.3 Å². The zero-order valence-electron chi connectivity index (χ0n) is 12.9. The lowest BCUT2D eigenvalue weighted by Gasteiger charge is -2.28. The van der Waals surface area contributed by atoms with Crippen LogP contribution in [-0.4, -0.2) is 11.6 Å². The fourth-order valence-electron chi connectivity index (χ4n) is 3.14. The van der Waals surface area contributed by atoms with Crippen LogP contribution in [0.3, 0.4) is 0 Å². The summed E-state index contributed by atoms with van der Waals surface area (Å²) in [5.41, 5.74) is 7.08. The van der Waals surface area contributed by atoms with Crippen LogP contribution in [0.1, 0.15) is 74.1 Å². The van der Waals surface area contributed by atoms with Crippen molar-refractivity contribution in [3.8, 4) is 0 Å². The third-order valence-electron chi connectivity index (χ3n) is 4.13. The summed E-state index contributed by atoms with van der Waals surface area (Å²) >= 11 is 1.78. The minimum Gasteiger partial charge on any atom is -0.371 e. The van der Waals surface area contributed by atoms with Gasteiger partial charge in [0.1, 0.15) is 11.1 Å². The largest absolute Gasteiger partial charge is 0.371 e. The second-order valence-corrected chi connectivity index (χ2v) is 6.77. The third-order valence-corrected chi connectivity index (χ3v) is 5.32. The maximum absolute atomic E-state index is 6.07. The van der Waals surface area contributed by atoms with Crippen molar-refractivity contribution in [2.24, 2.45) is 11.7 Å². The number of nitrogens with two attached hydrogens (primary N) is 1. The third kappa shape index (κ3) is 3.80. The van der Waals surface area contributed by atoms with E-state index in [9.17, 15) is 0 Å². The Hall–Kier alpha value is -0.450. The molecule has 1 aliphatic rings. The van der Waals surface area contributed by atoms with Gasteiger partial charge in [-0.2, -0.15) is 0 Å². The fourth-order valence-corrected chi connectivity index (χ4v) is 4.28. The molecule has 0 aromatic carbocycles. The van der Waals surface area contributed by atoms with Crippen molar-refractivity contribution < 1.29 is 4.74 Å². The van der Waals surface area contributed by atoms with E-state index in [0.29, 0.717) is 12.5 Å². The molecule has 1 aliphatic carbocycles. The summed E-state index contributed by atoms with van der Waals surface area (Å²) in [6.07, 6.45) is 8.97. The molecule has 1 aromatic heterocycles. The van der Waals surface area contributed by atoms with Crippen LogP contribution < -0.4 is 5.73 Å². The van der Waals surface area contributed by atoms with Crippen LogP contribution in [0.25, 0.3) is 0 Å². The van der Waals surface area contributed by atoms with Crippen molar-refractivity contribution in [3.05, 3.63) is 15.6 Å². The summed E-state index contributed by atoms with van der Waals surface area (Å²) in [6, 6.07) is 0. The maximum Gasteiger partial charge on any atom is 0.122 e. The molecule has 2 rings (SSSR count). The number of thiazole rings is 1. The Balaban J connectivity index is 2.19. The lowest BCUT2D eigenvalue weighted by molar-refractivity contribution is 0.00542. The minimum absolute atomic E-state index is 0.196. The first kappa shape index (κ1) is 15.9. The van der Waals surface area contributed by atoms with Crippen LogP contribution in [0.15, 0.2) is 0 Å². The first-order valence-electron chi connectivity index (χ1n) is 8.10. The zero-order valence-corrected chi connectivity index (χ0v) is 13.7. The second kappa shape index (κ2) is 8.11. The molecule has 1 aromatic rings. The van der Waals surface area contributed by atoms with Gasteiger partial charge in [-0.3, -0.25) is 0 Å². The van der Waals surface area contributed by atoms with Crippen molar-refractivity contribution in [2.45, 2.75) is 71.4 Å². The Kier molecular flexibility index (Phi) is 6.46. The molecule has 3 nitrogen and oxygen atoms in total. The zero-order chi connectivity index (χ0) is 14.4. The summed E-state index contributed by atoms with van der Waals surface area (Å²) < 4.78 is 6.07. The molecule has 1 atom stereocenters. The van der Waals surface area contributed by atoms with E-state index in [2.05, 4.69) is 13.8 Å². The fraction of sp³-hybridized carbons (Fsp3) is 0.812. The lowest BCUT2D eigenvalue weighted by atomic mass is 9.85. The minimum atomic E-state index is 0.196.